The standard InChI is InChI=1S/C29H26F3N3O3/c1-5-9-20-14-19(15-25(37-4)26(20)38-18(2)3)17-33-35-27(21-10-8-11-22(16-21)29(30,31)32)34-24-13-7-6-12-23(24)28(35)36/h5-8,10-18H,1,9H2,2-4H3. The van der Waals surface area contributed by atoms with E-state index < -0.39 is 17.3 Å². The van der Waals surface area contributed by atoms with Gasteiger partial charge in [-0.25, -0.2) is 4.98 Å². The van der Waals surface area contributed by atoms with Gasteiger partial charge in [-0.2, -0.15) is 22.9 Å². The van der Waals surface area contributed by atoms with Gasteiger partial charge in [0.05, 0.1) is 35.9 Å². The van der Waals surface area contributed by atoms with E-state index in [0.717, 1.165) is 22.4 Å². The summed E-state index contributed by atoms with van der Waals surface area (Å²) in [5.74, 6) is 1.03. The Kier molecular flexibility index (Phi) is 7.66. The van der Waals surface area contributed by atoms with Gasteiger partial charge in [0, 0.05) is 11.1 Å². The molecule has 1 heterocycles. The normalized spacial score (nSPS) is 11.9. The van der Waals surface area contributed by atoms with E-state index >= 15 is 0 Å². The number of para-hydroxylation sites is 1. The van der Waals surface area contributed by atoms with E-state index in [1.54, 1.807) is 36.4 Å². The van der Waals surface area contributed by atoms with Gasteiger partial charge < -0.3 is 9.47 Å². The molecular formula is C29H26F3N3O3. The molecule has 0 fully saturated rings. The molecule has 38 heavy (non-hydrogen) atoms. The highest BCUT2D eigenvalue weighted by molar-refractivity contribution is 5.83. The number of aromatic nitrogens is 2. The van der Waals surface area contributed by atoms with Crippen molar-refractivity contribution in [3.63, 3.8) is 0 Å². The Labute approximate surface area is 217 Å². The molecule has 4 rings (SSSR count). The van der Waals surface area contributed by atoms with Gasteiger partial charge in [0.2, 0.25) is 0 Å². The van der Waals surface area contributed by atoms with Gasteiger partial charge in [-0.3, -0.25) is 4.79 Å². The molecule has 6 nitrogen and oxygen atoms in total. The first-order valence-electron chi connectivity index (χ1n) is 11.8. The Bertz CT molecular complexity index is 1570. The number of ether oxygens (including phenoxy) is 2. The smallest absolute Gasteiger partial charge is 0.416 e. The molecule has 196 valence electrons. The molecular weight excluding hydrogens is 495 g/mol. The molecule has 9 heteroatoms. The zero-order valence-electron chi connectivity index (χ0n) is 21.1. The molecule has 0 aliphatic carbocycles. The van der Waals surface area contributed by atoms with Crippen molar-refractivity contribution in [3.8, 4) is 22.9 Å². The predicted octanol–water partition coefficient (Wildman–Crippen LogP) is 6.49. The molecule has 0 aliphatic heterocycles. The fourth-order valence-electron chi connectivity index (χ4n) is 3.96. The van der Waals surface area contributed by atoms with Crippen molar-refractivity contribution in [2.45, 2.75) is 32.5 Å². The lowest BCUT2D eigenvalue weighted by Gasteiger charge is -2.18. The Balaban J connectivity index is 1.90. The minimum atomic E-state index is -4.56. The van der Waals surface area contributed by atoms with Crippen molar-refractivity contribution in [3.05, 3.63) is 100 Å². The van der Waals surface area contributed by atoms with Gasteiger partial charge in [-0.1, -0.05) is 30.3 Å². The van der Waals surface area contributed by atoms with Crippen LogP contribution in [-0.4, -0.2) is 29.1 Å². The number of hydrogen-bond acceptors (Lipinski definition) is 5. The van der Waals surface area contributed by atoms with E-state index in [9.17, 15) is 18.0 Å². The molecule has 3 aromatic carbocycles. The number of halogens is 3. The molecule has 0 saturated heterocycles. The van der Waals surface area contributed by atoms with Crippen LogP contribution in [0, 0.1) is 0 Å². The molecule has 0 spiro atoms. The van der Waals surface area contributed by atoms with Crippen LogP contribution in [0.1, 0.15) is 30.5 Å². The van der Waals surface area contributed by atoms with Gasteiger partial charge in [-0.15, -0.1) is 6.58 Å². The van der Waals surface area contributed by atoms with Crippen LogP contribution in [-0.2, 0) is 12.6 Å². The summed E-state index contributed by atoms with van der Waals surface area (Å²) in [5, 5.41) is 4.66. The Morgan fingerprint density at radius 1 is 1.11 bits per heavy atom. The molecule has 0 unspecified atom stereocenters. The number of rotatable bonds is 8. The van der Waals surface area contributed by atoms with Crippen LogP contribution in [0.25, 0.3) is 22.3 Å². The Morgan fingerprint density at radius 3 is 2.55 bits per heavy atom. The number of allylic oxidation sites excluding steroid dienone is 1. The molecule has 0 radical (unpaired) electrons. The molecule has 4 aromatic rings. The van der Waals surface area contributed by atoms with Gasteiger partial charge in [0.1, 0.15) is 0 Å². The predicted molar refractivity (Wildman–Crippen MR) is 142 cm³/mol. The molecule has 0 aliphatic rings. The first-order chi connectivity index (χ1) is 18.1. The van der Waals surface area contributed by atoms with Crippen LogP contribution in [0.15, 0.2) is 83.2 Å². The zero-order chi connectivity index (χ0) is 27.4. The maximum absolute atomic E-state index is 13.4. The lowest BCUT2D eigenvalue weighted by Crippen LogP contribution is -2.20. The van der Waals surface area contributed by atoms with Gasteiger partial charge in [0.15, 0.2) is 17.3 Å². The summed E-state index contributed by atoms with van der Waals surface area (Å²) in [5.41, 5.74) is 0.471. The summed E-state index contributed by atoms with van der Waals surface area (Å²) in [6.07, 6.45) is -0.994. The lowest BCUT2D eigenvalue weighted by atomic mass is 10.1. The Morgan fingerprint density at radius 2 is 1.87 bits per heavy atom. The van der Waals surface area contributed by atoms with E-state index in [2.05, 4.69) is 16.7 Å². The van der Waals surface area contributed by atoms with Crippen molar-refractivity contribution in [2.24, 2.45) is 5.10 Å². The molecule has 0 saturated carbocycles. The molecule has 0 atom stereocenters. The van der Waals surface area contributed by atoms with E-state index in [1.807, 2.05) is 19.9 Å². The van der Waals surface area contributed by atoms with Gasteiger partial charge in [0.25, 0.3) is 5.56 Å². The first-order valence-corrected chi connectivity index (χ1v) is 11.8. The van der Waals surface area contributed by atoms with E-state index in [1.165, 1.54) is 25.5 Å². The second-order valence-electron chi connectivity index (χ2n) is 8.76. The fourth-order valence-corrected chi connectivity index (χ4v) is 3.96. The van der Waals surface area contributed by atoms with Crippen LogP contribution in [0.2, 0.25) is 0 Å². The van der Waals surface area contributed by atoms with Crippen molar-refractivity contribution in [2.75, 3.05) is 7.11 Å². The zero-order valence-corrected chi connectivity index (χ0v) is 21.1. The SMILES string of the molecule is C=CCc1cc(C=Nn2c(-c3cccc(C(F)(F)F)c3)nc3ccccc3c2=O)cc(OC)c1OC(C)C. The third-order valence-electron chi connectivity index (χ3n) is 5.62. The highest BCUT2D eigenvalue weighted by atomic mass is 19.4. The monoisotopic (exact) mass is 521 g/mol. The second-order valence-corrected chi connectivity index (χ2v) is 8.76. The molecule has 0 amide bonds. The third-order valence-corrected chi connectivity index (χ3v) is 5.62. The average molecular weight is 522 g/mol. The van der Waals surface area contributed by atoms with Crippen LogP contribution < -0.4 is 15.0 Å². The summed E-state index contributed by atoms with van der Waals surface area (Å²) < 4.78 is 52.8. The molecule has 1 aromatic heterocycles. The van der Waals surface area contributed by atoms with Crippen molar-refractivity contribution >= 4 is 17.1 Å². The minimum Gasteiger partial charge on any atom is -0.493 e. The minimum absolute atomic E-state index is 0.0194. The maximum atomic E-state index is 13.4. The van der Waals surface area contributed by atoms with E-state index in [4.69, 9.17) is 9.47 Å². The maximum Gasteiger partial charge on any atom is 0.416 e. The van der Waals surface area contributed by atoms with Crippen LogP contribution in [0.4, 0.5) is 13.2 Å². The number of fused-ring (bicyclic) bond motifs is 1. The summed E-state index contributed by atoms with van der Waals surface area (Å²) >= 11 is 0. The number of nitrogens with zero attached hydrogens (tertiary/aromatic N) is 3. The van der Waals surface area contributed by atoms with Crippen molar-refractivity contribution < 1.29 is 22.6 Å². The number of benzene rings is 3. The lowest BCUT2D eigenvalue weighted by molar-refractivity contribution is -0.137. The summed E-state index contributed by atoms with van der Waals surface area (Å²) in [4.78, 5) is 17.9. The fraction of sp³-hybridized carbons (Fsp3) is 0.207. The average Bonchev–Trinajstić information content (AvgIpc) is 2.88. The third kappa shape index (κ3) is 5.61. The first kappa shape index (κ1) is 26.7. The van der Waals surface area contributed by atoms with E-state index in [0.29, 0.717) is 29.0 Å². The van der Waals surface area contributed by atoms with E-state index in [-0.39, 0.29) is 22.9 Å². The summed E-state index contributed by atoms with van der Waals surface area (Å²) in [6, 6.07) is 14.8. The number of methoxy groups -OCH3 is 1. The van der Waals surface area contributed by atoms with Crippen LogP contribution in [0.3, 0.4) is 0 Å². The highest BCUT2D eigenvalue weighted by Gasteiger charge is 2.31. The Hall–Kier alpha value is -4.40. The number of hydrogen-bond donors (Lipinski definition) is 0. The molecule has 0 N–H and O–H groups in total. The second kappa shape index (κ2) is 10.9. The molecule has 0 bridgehead atoms. The largest absolute Gasteiger partial charge is 0.493 e. The summed E-state index contributed by atoms with van der Waals surface area (Å²) in [6.45, 7) is 7.61. The van der Waals surface area contributed by atoms with Crippen LogP contribution >= 0.6 is 0 Å². The topological polar surface area (TPSA) is 65.7 Å². The highest BCUT2D eigenvalue weighted by Crippen LogP contribution is 2.34. The van der Waals surface area contributed by atoms with Crippen molar-refractivity contribution in [1.82, 2.24) is 9.66 Å². The van der Waals surface area contributed by atoms with Gasteiger partial charge in [-0.05, 0) is 62.2 Å². The quantitative estimate of drug-likeness (QED) is 0.196. The van der Waals surface area contributed by atoms with Gasteiger partial charge >= 0.3 is 6.18 Å². The summed E-state index contributed by atoms with van der Waals surface area (Å²) in [7, 11) is 1.52. The van der Waals surface area contributed by atoms with Crippen molar-refractivity contribution in [1.29, 1.82) is 0 Å². The van der Waals surface area contributed by atoms with Crippen LogP contribution in [0.5, 0.6) is 11.5 Å². The number of alkyl halides is 3.